The topological polar surface area (TPSA) is 38.9 Å². The van der Waals surface area contributed by atoms with E-state index in [0.717, 1.165) is 21.1 Å². The number of fused-ring (bicyclic) bond motifs is 1. The molecule has 0 fully saturated rings. The lowest BCUT2D eigenvalue weighted by Gasteiger charge is -2.08. The van der Waals surface area contributed by atoms with E-state index in [0.29, 0.717) is 0 Å². The number of nitrogens with two attached hydrogens (primary N) is 1. The molecule has 0 atom stereocenters. The lowest BCUT2D eigenvalue weighted by Crippen LogP contribution is -2.29. The Morgan fingerprint density at radius 2 is 2.00 bits per heavy atom. The third-order valence-corrected chi connectivity index (χ3v) is 2.61. The number of aromatic nitrogens is 1. The van der Waals surface area contributed by atoms with Crippen LogP contribution < -0.4 is 5.73 Å². The van der Waals surface area contributed by atoms with E-state index in [9.17, 15) is 0 Å². The lowest BCUT2D eigenvalue weighted by atomic mass is 10.1. The fourth-order valence-corrected chi connectivity index (χ4v) is 1.89. The highest BCUT2D eigenvalue weighted by atomic mass is 79.9. The van der Waals surface area contributed by atoms with Crippen molar-refractivity contribution in [2.45, 2.75) is 19.4 Å². The highest BCUT2D eigenvalue weighted by molar-refractivity contribution is 9.10. The van der Waals surface area contributed by atoms with Crippen molar-refractivity contribution in [1.82, 2.24) is 4.98 Å². The van der Waals surface area contributed by atoms with Gasteiger partial charge in [0, 0.05) is 10.9 Å². The molecule has 0 spiro atoms. The van der Waals surface area contributed by atoms with Crippen LogP contribution in [-0.4, -0.2) is 10.5 Å². The molecule has 2 N–H and O–H groups in total. The second-order valence-electron chi connectivity index (χ2n) is 4.48. The highest BCUT2D eigenvalue weighted by Crippen LogP contribution is 2.20. The van der Waals surface area contributed by atoms with Crippen molar-refractivity contribution in [3.8, 4) is 11.8 Å². The number of para-hydroxylation sites is 1. The summed E-state index contributed by atoms with van der Waals surface area (Å²) in [6.45, 7) is 3.77. The molecule has 0 saturated carbocycles. The Hall–Kier alpha value is -1.37. The third kappa shape index (κ3) is 3.06. The predicted octanol–water partition coefficient (Wildman–Crippen LogP) is 3.09. The third-order valence-electron chi connectivity index (χ3n) is 2.20. The highest BCUT2D eigenvalue weighted by Gasteiger charge is 2.05. The molecule has 2 nitrogen and oxygen atoms in total. The second-order valence-corrected chi connectivity index (χ2v) is 5.29. The van der Waals surface area contributed by atoms with E-state index >= 15 is 0 Å². The average molecular weight is 289 g/mol. The SMILES string of the molecule is CC(C)(N)C#Cc1cc(Br)nc2ccccc12. The Morgan fingerprint density at radius 1 is 1.29 bits per heavy atom. The number of pyridine rings is 1. The van der Waals surface area contributed by atoms with E-state index in [1.165, 1.54) is 0 Å². The fourth-order valence-electron chi connectivity index (χ4n) is 1.47. The first-order valence-electron chi connectivity index (χ1n) is 5.33. The first-order valence-corrected chi connectivity index (χ1v) is 6.12. The van der Waals surface area contributed by atoms with Crippen LogP contribution >= 0.6 is 15.9 Å². The summed E-state index contributed by atoms with van der Waals surface area (Å²) in [5, 5.41) is 1.05. The van der Waals surface area contributed by atoms with Crippen LogP contribution in [0, 0.1) is 11.8 Å². The van der Waals surface area contributed by atoms with Crippen LogP contribution in [0.2, 0.25) is 0 Å². The minimum atomic E-state index is -0.489. The van der Waals surface area contributed by atoms with Crippen molar-refractivity contribution in [1.29, 1.82) is 0 Å². The molecular formula is C14H13BrN2. The molecule has 0 bridgehead atoms. The lowest BCUT2D eigenvalue weighted by molar-refractivity contribution is 0.680. The maximum absolute atomic E-state index is 5.86. The molecule has 0 amide bonds. The van der Waals surface area contributed by atoms with Crippen molar-refractivity contribution >= 4 is 26.8 Å². The van der Waals surface area contributed by atoms with Gasteiger partial charge in [0.05, 0.1) is 11.1 Å². The molecule has 86 valence electrons. The summed E-state index contributed by atoms with van der Waals surface area (Å²) in [4.78, 5) is 4.40. The molecule has 17 heavy (non-hydrogen) atoms. The molecule has 1 heterocycles. The van der Waals surface area contributed by atoms with Crippen LogP contribution in [0.3, 0.4) is 0 Å². The Morgan fingerprint density at radius 3 is 2.71 bits per heavy atom. The van der Waals surface area contributed by atoms with Gasteiger partial charge in [0.25, 0.3) is 0 Å². The number of nitrogens with zero attached hydrogens (tertiary/aromatic N) is 1. The summed E-state index contributed by atoms with van der Waals surface area (Å²) in [5.74, 6) is 6.16. The van der Waals surface area contributed by atoms with Crippen molar-refractivity contribution in [2.24, 2.45) is 5.73 Å². The van der Waals surface area contributed by atoms with Gasteiger partial charge in [-0.05, 0) is 41.9 Å². The van der Waals surface area contributed by atoms with Crippen LogP contribution in [0.5, 0.6) is 0 Å². The summed E-state index contributed by atoms with van der Waals surface area (Å²) in [6, 6.07) is 9.85. The van der Waals surface area contributed by atoms with Gasteiger partial charge in [0.15, 0.2) is 0 Å². The maximum atomic E-state index is 5.86. The maximum Gasteiger partial charge on any atom is 0.108 e. The molecule has 0 radical (unpaired) electrons. The normalized spacial score (nSPS) is 11.1. The zero-order chi connectivity index (χ0) is 12.5. The van der Waals surface area contributed by atoms with Gasteiger partial charge in [0.2, 0.25) is 0 Å². The molecule has 2 rings (SSSR count). The molecule has 1 aromatic heterocycles. The summed E-state index contributed by atoms with van der Waals surface area (Å²) >= 11 is 3.39. The number of halogens is 1. The Balaban J connectivity index is 2.63. The number of hydrogen-bond acceptors (Lipinski definition) is 2. The van der Waals surface area contributed by atoms with Gasteiger partial charge in [0.1, 0.15) is 4.60 Å². The molecule has 0 aliphatic carbocycles. The van der Waals surface area contributed by atoms with Crippen LogP contribution in [0.4, 0.5) is 0 Å². The summed E-state index contributed by atoms with van der Waals surface area (Å²) in [6.07, 6.45) is 0. The van der Waals surface area contributed by atoms with Gasteiger partial charge in [-0.3, -0.25) is 0 Å². The summed E-state index contributed by atoms with van der Waals surface area (Å²) in [7, 11) is 0. The van der Waals surface area contributed by atoms with E-state index in [4.69, 9.17) is 5.73 Å². The van der Waals surface area contributed by atoms with Crippen molar-refractivity contribution in [3.63, 3.8) is 0 Å². The van der Waals surface area contributed by atoms with Gasteiger partial charge in [-0.15, -0.1) is 0 Å². The zero-order valence-electron chi connectivity index (χ0n) is 9.79. The smallest absolute Gasteiger partial charge is 0.108 e. The standard InChI is InChI=1S/C14H13BrN2/c1-14(2,16)8-7-10-9-13(15)17-12-6-4-3-5-11(10)12/h3-6,9H,16H2,1-2H3. The number of hydrogen-bond donors (Lipinski definition) is 1. The number of rotatable bonds is 0. The van der Waals surface area contributed by atoms with Crippen LogP contribution in [0.1, 0.15) is 19.4 Å². The van der Waals surface area contributed by atoms with E-state index in [-0.39, 0.29) is 0 Å². The van der Waals surface area contributed by atoms with E-state index in [1.54, 1.807) is 0 Å². The van der Waals surface area contributed by atoms with Crippen LogP contribution in [0.15, 0.2) is 34.9 Å². The minimum absolute atomic E-state index is 0.489. The van der Waals surface area contributed by atoms with Gasteiger partial charge in [-0.2, -0.15) is 0 Å². The van der Waals surface area contributed by atoms with Crippen molar-refractivity contribution in [2.75, 3.05) is 0 Å². The Labute approximate surface area is 109 Å². The van der Waals surface area contributed by atoms with Crippen molar-refractivity contribution < 1.29 is 0 Å². The van der Waals surface area contributed by atoms with Gasteiger partial charge < -0.3 is 5.73 Å². The Bertz CT molecular complexity index is 615. The second kappa shape index (κ2) is 4.48. The molecule has 0 unspecified atom stereocenters. The fraction of sp³-hybridized carbons (Fsp3) is 0.214. The molecule has 2 aromatic rings. The predicted molar refractivity (Wildman–Crippen MR) is 74.6 cm³/mol. The van der Waals surface area contributed by atoms with Gasteiger partial charge in [-0.1, -0.05) is 30.0 Å². The first kappa shape index (κ1) is 12.1. The van der Waals surface area contributed by atoms with E-state index < -0.39 is 5.54 Å². The monoisotopic (exact) mass is 288 g/mol. The van der Waals surface area contributed by atoms with Gasteiger partial charge >= 0.3 is 0 Å². The molecule has 3 heteroatoms. The summed E-state index contributed by atoms with van der Waals surface area (Å²) in [5.41, 5.74) is 7.25. The average Bonchev–Trinajstić information content (AvgIpc) is 2.24. The van der Waals surface area contributed by atoms with Gasteiger partial charge in [-0.25, -0.2) is 4.98 Å². The van der Waals surface area contributed by atoms with E-state index in [2.05, 4.69) is 32.8 Å². The Kier molecular flexibility index (Phi) is 3.19. The zero-order valence-corrected chi connectivity index (χ0v) is 11.4. The molecule has 0 aliphatic heterocycles. The van der Waals surface area contributed by atoms with Crippen molar-refractivity contribution in [3.05, 3.63) is 40.5 Å². The van der Waals surface area contributed by atoms with Crippen LogP contribution in [-0.2, 0) is 0 Å². The minimum Gasteiger partial charge on any atom is -0.316 e. The molecule has 0 aliphatic rings. The van der Waals surface area contributed by atoms with E-state index in [1.807, 2.05) is 44.2 Å². The molecular weight excluding hydrogens is 276 g/mol. The quantitative estimate of drug-likeness (QED) is 0.598. The largest absolute Gasteiger partial charge is 0.316 e. The first-order chi connectivity index (χ1) is 7.96. The number of benzene rings is 1. The molecule has 1 aromatic carbocycles. The summed E-state index contributed by atoms with van der Waals surface area (Å²) < 4.78 is 0.787. The molecule has 0 saturated heterocycles. The van der Waals surface area contributed by atoms with Crippen LogP contribution in [0.25, 0.3) is 10.9 Å².